The first-order valence-corrected chi connectivity index (χ1v) is 10.0. The summed E-state index contributed by atoms with van der Waals surface area (Å²) in [6.45, 7) is 0.639. The van der Waals surface area contributed by atoms with Gasteiger partial charge in [0.05, 0.1) is 6.54 Å². The van der Waals surface area contributed by atoms with Crippen LogP contribution in [0.25, 0.3) is 11.4 Å². The Kier molecular flexibility index (Phi) is 4.95. The Morgan fingerprint density at radius 2 is 1.77 bits per heavy atom. The third kappa shape index (κ3) is 3.90. The fraction of sp³-hybridized carbons (Fsp3) is 0.263. The van der Waals surface area contributed by atoms with Crippen molar-refractivity contribution in [1.29, 1.82) is 0 Å². The average molecular weight is 408 g/mol. The van der Waals surface area contributed by atoms with Gasteiger partial charge in [0.1, 0.15) is 10.2 Å². The lowest BCUT2D eigenvalue weighted by molar-refractivity contribution is 0.628. The molecule has 1 aliphatic rings. The van der Waals surface area contributed by atoms with Crippen LogP contribution in [0.2, 0.25) is 0 Å². The highest BCUT2D eigenvalue weighted by Gasteiger charge is 2.51. The molecular formula is C19H16Cl2FN3S. The summed E-state index contributed by atoms with van der Waals surface area (Å²) in [5, 5.41) is 9.51. The van der Waals surface area contributed by atoms with Gasteiger partial charge in [-0.25, -0.2) is 4.39 Å². The van der Waals surface area contributed by atoms with Crippen LogP contribution in [0.4, 0.5) is 4.39 Å². The molecule has 1 aromatic heterocycles. The lowest BCUT2D eigenvalue weighted by Crippen LogP contribution is -2.05. The molecule has 0 unspecified atom stereocenters. The molecule has 7 heteroatoms. The average Bonchev–Trinajstić information content (AvgIpc) is 3.06. The van der Waals surface area contributed by atoms with E-state index in [9.17, 15) is 4.39 Å². The van der Waals surface area contributed by atoms with Gasteiger partial charge in [-0.2, -0.15) is 0 Å². The number of benzene rings is 2. The number of nitrogens with zero attached hydrogens (tertiary/aromatic N) is 3. The van der Waals surface area contributed by atoms with Gasteiger partial charge in [0, 0.05) is 17.2 Å². The molecule has 4 rings (SSSR count). The SMILES string of the molecule is Fc1ccc(-c2nnc(SC[C@@H]3CC3(Cl)Cl)n2Cc2ccccc2)cc1. The van der Waals surface area contributed by atoms with E-state index < -0.39 is 4.33 Å². The topological polar surface area (TPSA) is 30.7 Å². The van der Waals surface area contributed by atoms with Gasteiger partial charge in [-0.15, -0.1) is 33.4 Å². The smallest absolute Gasteiger partial charge is 0.191 e. The lowest BCUT2D eigenvalue weighted by atomic mass is 10.2. The van der Waals surface area contributed by atoms with Gasteiger partial charge in [-0.05, 0) is 36.2 Å². The first-order valence-electron chi connectivity index (χ1n) is 8.26. The fourth-order valence-electron chi connectivity index (χ4n) is 2.74. The highest BCUT2D eigenvalue weighted by molar-refractivity contribution is 7.99. The van der Waals surface area contributed by atoms with E-state index in [1.807, 2.05) is 18.2 Å². The first-order chi connectivity index (χ1) is 12.5. The van der Waals surface area contributed by atoms with Crippen molar-refractivity contribution in [3.8, 4) is 11.4 Å². The summed E-state index contributed by atoms with van der Waals surface area (Å²) in [6, 6.07) is 16.4. The lowest BCUT2D eigenvalue weighted by Gasteiger charge is -2.10. The second kappa shape index (κ2) is 7.22. The second-order valence-electron chi connectivity index (χ2n) is 6.36. The number of halogens is 3. The minimum atomic E-state index is -0.600. The van der Waals surface area contributed by atoms with Gasteiger partial charge in [-0.3, -0.25) is 4.57 Å². The van der Waals surface area contributed by atoms with Crippen molar-refractivity contribution in [3.63, 3.8) is 0 Å². The zero-order valence-electron chi connectivity index (χ0n) is 13.8. The molecule has 3 nitrogen and oxygen atoms in total. The third-order valence-electron chi connectivity index (χ3n) is 4.37. The summed E-state index contributed by atoms with van der Waals surface area (Å²) in [5.41, 5.74) is 1.98. The zero-order chi connectivity index (χ0) is 18.1. The fourth-order valence-corrected chi connectivity index (χ4v) is 4.61. The van der Waals surface area contributed by atoms with Crippen LogP contribution in [0.15, 0.2) is 59.8 Å². The maximum Gasteiger partial charge on any atom is 0.191 e. The van der Waals surface area contributed by atoms with Crippen LogP contribution in [0.1, 0.15) is 12.0 Å². The van der Waals surface area contributed by atoms with Crippen molar-refractivity contribution >= 4 is 35.0 Å². The van der Waals surface area contributed by atoms with E-state index in [1.165, 1.54) is 12.1 Å². The van der Waals surface area contributed by atoms with Crippen LogP contribution in [0.5, 0.6) is 0 Å². The van der Waals surface area contributed by atoms with E-state index in [-0.39, 0.29) is 11.7 Å². The van der Waals surface area contributed by atoms with E-state index in [1.54, 1.807) is 23.9 Å². The molecule has 0 saturated heterocycles. The number of rotatable bonds is 6. The molecule has 134 valence electrons. The van der Waals surface area contributed by atoms with Gasteiger partial charge in [-0.1, -0.05) is 42.1 Å². The third-order valence-corrected chi connectivity index (χ3v) is 6.43. The monoisotopic (exact) mass is 407 g/mol. The molecule has 3 aromatic rings. The summed E-state index contributed by atoms with van der Waals surface area (Å²) >= 11 is 13.9. The number of aromatic nitrogens is 3. The number of hydrogen-bond donors (Lipinski definition) is 0. The largest absolute Gasteiger partial charge is 0.298 e. The van der Waals surface area contributed by atoms with Gasteiger partial charge in [0.25, 0.3) is 0 Å². The number of hydrogen-bond acceptors (Lipinski definition) is 3. The minimum absolute atomic E-state index is 0.270. The Labute approximate surface area is 165 Å². The van der Waals surface area contributed by atoms with Crippen molar-refractivity contribution in [2.45, 2.75) is 22.5 Å². The van der Waals surface area contributed by atoms with Crippen LogP contribution in [0, 0.1) is 11.7 Å². The summed E-state index contributed by atoms with van der Waals surface area (Å²) < 4.78 is 14.7. The Morgan fingerprint density at radius 1 is 1.08 bits per heavy atom. The Balaban J connectivity index is 1.63. The van der Waals surface area contributed by atoms with Crippen molar-refractivity contribution in [2.75, 3.05) is 5.75 Å². The second-order valence-corrected chi connectivity index (χ2v) is 8.89. The molecule has 1 saturated carbocycles. The van der Waals surface area contributed by atoms with Gasteiger partial charge < -0.3 is 0 Å². The molecule has 0 N–H and O–H groups in total. The summed E-state index contributed by atoms with van der Waals surface area (Å²) in [7, 11) is 0. The van der Waals surface area contributed by atoms with Gasteiger partial charge in [0.15, 0.2) is 11.0 Å². The molecule has 1 fully saturated rings. The molecule has 2 aromatic carbocycles. The van der Waals surface area contributed by atoms with E-state index in [4.69, 9.17) is 23.2 Å². The minimum Gasteiger partial charge on any atom is -0.298 e. The van der Waals surface area contributed by atoms with Crippen LogP contribution in [-0.4, -0.2) is 24.9 Å². The van der Waals surface area contributed by atoms with Crippen molar-refractivity contribution in [3.05, 3.63) is 66.0 Å². The molecule has 1 heterocycles. The molecule has 0 aliphatic heterocycles. The molecule has 0 radical (unpaired) electrons. The van der Waals surface area contributed by atoms with Crippen molar-refractivity contribution in [2.24, 2.45) is 5.92 Å². The van der Waals surface area contributed by atoms with E-state index in [0.717, 1.165) is 34.3 Å². The Hall–Kier alpha value is -1.56. The predicted molar refractivity (Wildman–Crippen MR) is 104 cm³/mol. The van der Waals surface area contributed by atoms with E-state index in [2.05, 4.69) is 26.9 Å². The molecular weight excluding hydrogens is 392 g/mol. The number of alkyl halides is 2. The molecule has 26 heavy (non-hydrogen) atoms. The molecule has 1 atom stereocenters. The molecule has 0 spiro atoms. The normalized spacial score (nSPS) is 18.0. The molecule has 0 bridgehead atoms. The Morgan fingerprint density at radius 3 is 2.42 bits per heavy atom. The maximum atomic E-state index is 13.3. The van der Waals surface area contributed by atoms with Crippen molar-refractivity contribution in [1.82, 2.24) is 14.8 Å². The van der Waals surface area contributed by atoms with E-state index in [0.29, 0.717) is 6.54 Å². The molecule has 0 amide bonds. The van der Waals surface area contributed by atoms with Crippen LogP contribution in [-0.2, 0) is 6.54 Å². The summed E-state index contributed by atoms with van der Waals surface area (Å²) in [4.78, 5) is 0. The van der Waals surface area contributed by atoms with E-state index >= 15 is 0 Å². The highest BCUT2D eigenvalue weighted by Crippen LogP contribution is 2.54. The van der Waals surface area contributed by atoms with Crippen LogP contribution >= 0.6 is 35.0 Å². The molecule has 1 aliphatic carbocycles. The standard InChI is InChI=1S/C19H16Cl2FN3S/c20-19(21)10-15(19)12-26-18-24-23-17(14-6-8-16(22)9-7-14)25(18)11-13-4-2-1-3-5-13/h1-9,15H,10-12H2/t15-/m0/s1. The number of thioether (sulfide) groups is 1. The highest BCUT2D eigenvalue weighted by atomic mass is 35.5. The summed E-state index contributed by atoms with van der Waals surface area (Å²) in [5.74, 6) is 1.51. The maximum absolute atomic E-state index is 13.3. The van der Waals surface area contributed by atoms with Crippen molar-refractivity contribution < 1.29 is 4.39 Å². The first kappa shape index (κ1) is 17.8. The summed E-state index contributed by atoms with van der Waals surface area (Å²) in [6.07, 6.45) is 0.806. The van der Waals surface area contributed by atoms with Gasteiger partial charge >= 0.3 is 0 Å². The zero-order valence-corrected chi connectivity index (χ0v) is 16.1. The Bertz CT molecular complexity index is 897. The quantitative estimate of drug-likeness (QED) is 0.403. The van der Waals surface area contributed by atoms with Gasteiger partial charge in [0.2, 0.25) is 0 Å². The van der Waals surface area contributed by atoms with Crippen LogP contribution in [0.3, 0.4) is 0 Å². The van der Waals surface area contributed by atoms with Crippen LogP contribution < -0.4 is 0 Å². The predicted octanol–water partition coefficient (Wildman–Crippen LogP) is 5.42.